The van der Waals surface area contributed by atoms with Gasteiger partial charge in [-0.1, -0.05) is 48.5 Å². The van der Waals surface area contributed by atoms with Crippen molar-refractivity contribution in [1.82, 2.24) is 15.0 Å². The van der Waals surface area contributed by atoms with E-state index < -0.39 is 0 Å². The van der Waals surface area contributed by atoms with Gasteiger partial charge >= 0.3 is 0 Å². The van der Waals surface area contributed by atoms with E-state index in [1.54, 1.807) is 18.6 Å². The number of benzene rings is 2. The van der Waals surface area contributed by atoms with Crippen LogP contribution in [-0.4, -0.2) is 21.7 Å². The Labute approximate surface area is 169 Å². The predicted molar refractivity (Wildman–Crippen MR) is 116 cm³/mol. The van der Waals surface area contributed by atoms with Crippen LogP contribution in [0, 0.1) is 6.92 Å². The smallest absolute Gasteiger partial charge is 0.244 e. The maximum absolute atomic E-state index is 12.5. The van der Waals surface area contributed by atoms with Crippen LogP contribution < -0.4 is 5.43 Å². The highest BCUT2D eigenvalue weighted by atomic mass is 16.2. The second-order valence-electron chi connectivity index (χ2n) is 6.90. The Bertz CT molecular complexity index is 1150. The molecule has 2 aromatic heterocycles. The van der Waals surface area contributed by atoms with Gasteiger partial charge in [0.1, 0.15) is 0 Å². The Balaban J connectivity index is 1.56. The number of pyridine rings is 1. The number of hydrogen-bond donors (Lipinski definition) is 1. The Morgan fingerprint density at radius 1 is 1.03 bits per heavy atom. The maximum Gasteiger partial charge on any atom is 0.244 e. The number of aromatic nitrogens is 2. The summed E-state index contributed by atoms with van der Waals surface area (Å²) in [5, 5.41) is 5.17. The molecule has 1 N–H and O–H groups in total. The van der Waals surface area contributed by atoms with Crippen molar-refractivity contribution >= 4 is 23.0 Å². The molecule has 0 aliphatic carbocycles. The number of carbonyl (C=O) groups is 1. The monoisotopic (exact) mass is 382 g/mol. The number of carbonyl (C=O) groups excluding carboxylic acids is 1. The van der Waals surface area contributed by atoms with Crippen molar-refractivity contribution in [1.29, 1.82) is 0 Å². The van der Waals surface area contributed by atoms with E-state index in [1.807, 2.05) is 42.5 Å². The molecule has 4 rings (SSSR count). The van der Waals surface area contributed by atoms with Crippen molar-refractivity contribution in [3.05, 3.63) is 102 Å². The highest BCUT2D eigenvalue weighted by Crippen LogP contribution is 2.27. The standard InChI is InChI=1S/C24H22N4O/c1-18-22(15-24(29)27-26-16-19-11-13-25-14-12-19)21-9-5-6-10-23(21)28(18)17-20-7-3-2-4-8-20/h2-14,16H,15,17H2,1H3,(H,27,29)/b26-16-. The molecule has 0 unspecified atom stereocenters. The van der Waals surface area contributed by atoms with Gasteiger partial charge in [-0.15, -0.1) is 0 Å². The van der Waals surface area contributed by atoms with Crippen molar-refractivity contribution in [3.63, 3.8) is 0 Å². The Hall–Kier alpha value is -3.73. The van der Waals surface area contributed by atoms with Crippen molar-refractivity contribution in [2.75, 3.05) is 0 Å². The first-order valence-corrected chi connectivity index (χ1v) is 9.55. The highest BCUT2D eigenvalue weighted by molar-refractivity contribution is 5.91. The van der Waals surface area contributed by atoms with Gasteiger partial charge in [-0.2, -0.15) is 5.10 Å². The predicted octanol–water partition coefficient (Wildman–Crippen LogP) is 4.09. The molecule has 5 nitrogen and oxygen atoms in total. The second-order valence-corrected chi connectivity index (χ2v) is 6.90. The SMILES string of the molecule is Cc1c(CC(=O)N/N=C\c2ccncc2)c2ccccc2n1Cc1ccccc1. The van der Waals surface area contributed by atoms with Crippen molar-refractivity contribution in [2.24, 2.45) is 5.10 Å². The molecule has 1 amide bonds. The summed E-state index contributed by atoms with van der Waals surface area (Å²) in [4.78, 5) is 16.5. The fraction of sp³-hybridized carbons (Fsp3) is 0.125. The van der Waals surface area contributed by atoms with Crippen LogP contribution in [0.1, 0.15) is 22.4 Å². The van der Waals surface area contributed by atoms with Crippen LogP contribution in [-0.2, 0) is 17.8 Å². The van der Waals surface area contributed by atoms with E-state index in [4.69, 9.17) is 0 Å². The molecular weight excluding hydrogens is 360 g/mol. The fourth-order valence-electron chi connectivity index (χ4n) is 3.52. The lowest BCUT2D eigenvalue weighted by Crippen LogP contribution is -2.20. The molecule has 29 heavy (non-hydrogen) atoms. The zero-order valence-electron chi connectivity index (χ0n) is 16.2. The molecular formula is C24H22N4O. The summed E-state index contributed by atoms with van der Waals surface area (Å²) in [5.74, 6) is -0.138. The minimum atomic E-state index is -0.138. The fourth-order valence-corrected chi connectivity index (χ4v) is 3.52. The molecule has 0 atom stereocenters. The van der Waals surface area contributed by atoms with Gasteiger partial charge in [-0.25, -0.2) is 5.43 Å². The van der Waals surface area contributed by atoms with Crippen molar-refractivity contribution < 1.29 is 4.79 Å². The number of hydrazone groups is 1. The lowest BCUT2D eigenvalue weighted by molar-refractivity contribution is -0.120. The summed E-state index contributed by atoms with van der Waals surface area (Å²) in [6.07, 6.45) is 5.27. The van der Waals surface area contributed by atoms with E-state index in [0.29, 0.717) is 0 Å². The third kappa shape index (κ3) is 4.24. The van der Waals surface area contributed by atoms with Crippen LogP contribution in [0.3, 0.4) is 0 Å². The van der Waals surface area contributed by atoms with Gasteiger partial charge in [-0.3, -0.25) is 9.78 Å². The van der Waals surface area contributed by atoms with E-state index in [0.717, 1.165) is 34.3 Å². The molecule has 4 aromatic rings. The quantitative estimate of drug-likeness (QED) is 0.403. The maximum atomic E-state index is 12.5. The van der Waals surface area contributed by atoms with Gasteiger partial charge in [0.2, 0.25) is 5.91 Å². The first kappa shape index (κ1) is 18.6. The molecule has 0 radical (unpaired) electrons. The molecule has 0 fully saturated rings. The summed E-state index contributed by atoms with van der Waals surface area (Å²) in [5.41, 5.74) is 8.02. The molecule has 2 aromatic carbocycles. The van der Waals surface area contributed by atoms with Crippen LogP contribution in [0.25, 0.3) is 10.9 Å². The van der Waals surface area contributed by atoms with Crippen LogP contribution in [0.2, 0.25) is 0 Å². The minimum absolute atomic E-state index is 0.138. The lowest BCUT2D eigenvalue weighted by Gasteiger charge is -2.09. The summed E-state index contributed by atoms with van der Waals surface area (Å²) < 4.78 is 2.27. The van der Waals surface area contributed by atoms with E-state index in [1.165, 1.54) is 5.56 Å². The van der Waals surface area contributed by atoms with E-state index in [-0.39, 0.29) is 12.3 Å². The topological polar surface area (TPSA) is 59.3 Å². The van der Waals surface area contributed by atoms with E-state index in [2.05, 4.69) is 51.3 Å². The van der Waals surface area contributed by atoms with Crippen LogP contribution in [0.15, 0.2) is 84.2 Å². The zero-order valence-corrected chi connectivity index (χ0v) is 16.2. The third-order valence-electron chi connectivity index (χ3n) is 4.99. The summed E-state index contributed by atoms with van der Waals surface area (Å²) in [6.45, 7) is 2.85. The second kappa shape index (κ2) is 8.52. The van der Waals surface area contributed by atoms with Gasteiger partial charge in [0.05, 0.1) is 12.6 Å². The van der Waals surface area contributed by atoms with Crippen LogP contribution >= 0.6 is 0 Å². The molecule has 0 aliphatic rings. The van der Waals surface area contributed by atoms with Gasteiger partial charge in [0.25, 0.3) is 0 Å². The van der Waals surface area contributed by atoms with Crippen molar-refractivity contribution in [2.45, 2.75) is 19.9 Å². The largest absolute Gasteiger partial charge is 0.340 e. The van der Waals surface area contributed by atoms with E-state index >= 15 is 0 Å². The number of hydrogen-bond acceptors (Lipinski definition) is 3. The average molecular weight is 382 g/mol. The molecule has 2 heterocycles. The molecule has 144 valence electrons. The molecule has 0 spiro atoms. The van der Waals surface area contributed by atoms with Crippen LogP contribution in [0.5, 0.6) is 0 Å². The van der Waals surface area contributed by atoms with E-state index in [9.17, 15) is 4.79 Å². The number of nitrogens with zero attached hydrogens (tertiary/aromatic N) is 3. The molecule has 0 saturated carbocycles. The first-order valence-electron chi connectivity index (χ1n) is 9.55. The van der Waals surface area contributed by atoms with Gasteiger partial charge in [0, 0.05) is 35.5 Å². The average Bonchev–Trinajstić information content (AvgIpc) is 3.01. The molecule has 0 saturated heterocycles. The zero-order chi connectivity index (χ0) is 20.1. The Kier molecular flexibility index (Phi) is 5.47. The number of rotatable bonds is 6. The summed E-state index contributed by atoms with van der Waals surface area (Å²) >= 11 is 0. The molecule has 5 heteroatoms. The lowest BCUT2D eigenvalue weighted by atomic mass is 10.1. The van der Waals surface area contributed by atoms with Crippen molar-refractivity contribution in [3.8, 4) is 0 Å². The van der Waals surface area contributed by atoms with Gasteiger partial charge in [-0.05, 0) is 41.8 Å². The first-order chi connectivity index (χ1) is 14.2. The Morgan fingerprint density at radius 2 is 1.76 bits per heavy atom. The normalized spacial score (nSPS) is 11.2. The van der Waals surface area contributed by atoms with Gasteiger partial charge < -0.3 is 4.57 Å². The van der Waals surface area contributed by atoms with Gasteiger partial charge in [0.15, 0.2) is 0 Å². The summed E-state index contributed by atoms with van der Waals surface area (Å²) in [7, 11) is 0. The minimum Gasteiger partial charge on any atom is -0.340 e. The highest BCUT2D eigenvalue weighted by Gasteiger charge is 2.16. The number of nitrogens with one attached hydrogen (secondary N) is 1. The number of amides is 1. The number of fused-ring (bicyclic) bond motifs is 1. The Morgan fingerprint density at radius 3 is 2.55 bits per heavy atom. The summed E-state index contributed by atoms with van der Waals surface area (Å²) in [6, 6.07) is 22.2. The third-order valence-corrected chi connectivity index (χ3v) is 4.99. The van der Waals surface area contributed by atoms with Crippen LogP contribution in [0.4, 0.5) is 0 Å². The molecule has 0 bridgehead atoms. The molecule has 0 aliphatic heterocycles. The number of para-hydroxylation sites is 1.